The van der Waals surface area contributed by atoms with E-state index in [2.05, 4.69) is 6.92 Å². The van der Waals surface area contributed by atoms with E-state index >= 15 is 0 Å². The van der Waals surface area contributed by atoms with Crippen LogP contribution in [-0.2, 0) is 33.0 Å². The number of carbonyl (C=O) groups is 2. The Balaban J connectivity index is 0.000000197. The van der Waals surface area contributed by atoms with Crippen LogP contribution in [0.5, 0.6) is 0 Å². The summed E-state index contributed by atoms with van der Waals surface area (Å²) >= 11 is 0. The van der Waals surface area contributed by atoms with E-state index in [0.717, 1.165) is 35.0 Å². The normalized spacial score (nSPS) is 16.7. The van der Waals surface area contributed by atoms with Gasteiger partial charge in [0.15, 0.2) is 5.60 Å². The van der Waals surface area contributed by atoms with Crippen molar-refractivity contribution >= 4 is 28.5 Å². The molecule has 0 fully saturated rings. The number of aromatic nitrogens is 2. The largest absolute Gasteiger partial charge is 0.462 e. The smallest absolute Gasteiger partial charge is 0.343 e. The highest BCUT2D eigenvalue weighted by molar-refractivity contribution is 5.89. The Morgan fingerprint density at radius 2 is 1.88 bits per heavy atom. The van der Waals surface area contributed by atoms with E-state index in [-0.39, 0.29) is 24.6 Å². The van der Waals surface area contributed by atoms with Crippen LogP contribution >= 0.6 is 0 Å². The molecule has 4 heterocycles. The van der Waals surface area contributed by atoms with Crippen molar-refractivity contribution in [2.45, 2.75) is 51.9 Å². The molecule has 3 N–H and O–H groups in total. The van der Waals surface area contributed by atoms with Crippen LogP contribution in [-0.4, -0.2) is 33.2 Å². The molecule has 0 saturated heterocycles. The zero-order chi connectivity index (χ0) is 28.4. The maximum absolute atomic E-state index is 13.0. The Kier molecular flexibility index (Phi) is 7.40. The molecule has 4 aromatic rings. The SMILES string of the molecule is CCC1(O)C(=O)OCc2c1cc1n(c2=O)Cc2cc3ccccc3nc2-1.CCCCOC(=O)c1ccc(N)cc1. The van der Waals surface area contributed by atoms with Crippen molar-refractivity contribution < 1.29 is 24.2 Å². The predicted octanol–water partition coefficient (Wildman–Crippen LogP) is 4.31. The van der Waals surface area contributed by atoms with E-state index < -0.39 is 11.6 Å². The van der Waals surface area contributed by atoms with E-state index in [0.29, 0.717) is 41.2 Å². The Bertz CT molecular complexity index is 1660. The minimum absolute atomic E-state index is 0.110. The highest BCUT2D eigenvalue weighted by Crippen LogP contribution is 2.38. The predicted molar refractivity (Wildman–Crippen MR) is 151 cm³/mol. The van der Waals surface area contributed by atoms with Crippen LogP contribution in [0.15, 0.2) is 65.5 Å². The van der Waals surface area contributed by atoms with Gasteiger partial charge in [0.25, 0.3) is 5.56 Å². The molecule has 2 aliphatic rings. The summed E-state index contributed by atoms with van der Waals surface area (Å²) in [6, 6.07) is 18.3. The highest BCUT2D eigenvalue weighted by Gasteiger charge is 2.45. The molecule has 0 bridgehead atoms. The van der Waals surface area contributed by atoms with Crippen molar-refractivity contribution in [2.24, 2.45) is 0 Å². The zero-order valence-corrected chi connectivity index (χ0v) is 22.5. The van der Waals surface area contributed by atoms with Gasteiger partial charge in [-0.2, -0.15) is 0 Å². The van der Waals surface area contributed by atoms with Crippen LogP contribution < -0.4 is 11.3 Å². The van der Waals surface area contributed by atoms with Crippen LogP contribution in [0, 0.1) is 0 Å². The van der Waals surface area contributed by atoms with Crippen LogP contribution in [0.1, 0.15) is 60.2 Å². The average Bonchev–Trinajstić information content (AvgIpc) is 3.32. The molecule has 9 heteroatoms. The first kappa shape index (κ1) is 27.1. The Hall–Kier alpha value is -4.50. The zero-order valence-electron chi connectivity index (χ0n) is 22.5. The van der Waals surface area contributed by atoms with Gasteiger partial charge < -0.3 is 24.9 Å². The number of hydrogen-bond acceptors (Lipinski definition) is 8. The minimum atomic E-state index is -1.79. The first-order valence-corrected chi connectivity index (χ1v) is 13.3. The van der Waals surface area contributed by atoms with Crippen LogP contribution in [0.3, 0.4) is 0 Å². The third-order valence-electron chi connectivity index (χ3n) is 7.29. The van der Waals surface area contributed by atoms with Crippen molar-refractivity contribution in [1.29, 1.82) is 0 Å². The lowest BCUT2D eigenvalue weighted by Gasteiger charge is -2.31. The van der Waals surface area contributed by atoms with Crippen molar-refractivity contribution in [2.75, 3.05) is 12.3 Å². The number of ether oxygens (including phenoxy) is 2. The number of aliphatic hydroxyl groups is 1. The highest BCUT2D eigenvalue weighted by atomic mass is 16.6. The summed E-state index contributed by atoms with van der Waals surface area (Å²) in [5.41, 5.74) is 8.51. The van der Waals surface area contributed by atoms with Crippen LogP contribution in [0.25, 0.3) is 22.3 Å². The van der Waals surface area contributed by atoms with E-state index in [1.54, 1.807) is 41.8 Å². The number of nitrogens with zero attached hydrogens (tertiary/aromatic N) is 2. The van der Waals surface area contributed by atoms with Gasteiger partial charge in [0.05, 0.1) is 41.2 Å². The second-order valence-corrected chi connectivity index (χ2v) is 9.90. The monoisotopic (exact) mass is 541 g/mol. The molecule has 6 rings (SSSR count). The second-order valence-electron chi connectivity index (χ2n) is 9.90. The summed E-state index contributed by atoms with van der Waals surface area (Å²) in [6.07, 6.45) is 2.06. The lowest BCUT2D eigenvalue weighted by atomic mass is 9.86. The molecule has 206 valence electrons. The van der Waals surface area contributed by atoms with Crippen molar-refractivity contribution in [3.05, 3.63) is 93.3 Å². The van der Waals surface area contributed by atoms with Crippen LogP contribution in [0.2, 0.25) is 0 Å². The molecule has 9 nitrogen and oxygen atoms in total. The molecular formula is C31H31N3O6. The van der Waals surface area contributed by atoms with Crippen LogP contribution in [0.4, 0.5) is 5.69 Å². The van der Waals surface area contributed by atoms with Gasteiger partial charge in [-0.15, -0.1) is 0 Å². The van der Waals surface area contributed by atoms with Gasteiger partial charge in [-0.05, 0) is 55.3 Å². The molecule has 40 heavy (non-hydrogen) atoms. The third kappa shape index (κ3) is 4.84. The fraction of sp³-hybridized carbons (Fsp3) is 0.290. The average molecular weight is 542 g/mol. The Labute approximate surface area is 231 Å². The fourth-order valence-electron chi connectivity index (χ4n) is 4.94. The molecule has 0 aliphatic carbocycles. The van der Waals surface area contributed by atoms with Gasteiger partial charge in [0.2, 0.25) is 0 Å². The van der Waals surface area contributed by atoms with Gasteiger partial charge >= 0.3 is 11.9 Å². The number of carbonyl (C=O) groups excluding carboxylic acids is 2. The third-order valence-corrected chi connectivity index (χ3v) is 7.29. The number of para-hydroxylation sites is 1. The lowest BCUT2D eigenvalue weighted by Crippen LogP contribution is -2.44. The second kappa shape index (κ2) is 10.9. The maximum atomic E-state index is 13.0. The van der Waals surface area contributed by atoms with Crippen molar-refractivity contribution in [3.8, 4) is 11.4 Å². The number of benzene rings is 2. The molecule has 2 aromatic carbocycles. The first-order valence-electron chi connectivity index (χ1n) is 13.3. The standard InChI is InChI=1S/C20H16N2O4.C11H15NO2/c1-2-20(25)14-8-16-17-12(7-11-5-3-4-6-15(11)21-17)9-22(16)18(23)13(14)10-26-19(20)24;1-2-3-8-14-11(13)9-4-6-10(12)7-5-9/h3-8,25H,2,9-10H2,1H3;4-7H,2-3,8,12H2,1H3. The number of anilines is 1. The number of pyridine rings is 2. The molecule has 2 aromatic heterocycles. The first-order chi connectivity index (χ1) is 19.3. The molecule has 0 spiro atoms. The number of unbranched alkanes of at least 4 members (excludes halogenated alkanes) is 1. The number of nitrogens with two attached hydrogens (primary N) is 1. The number of esters is 2. The van der Waals surface area contributed by atoms with E-state index in [1.165, 1.54) is 0 Å². The summed E-state index contributed by atoms with van der Waals surface area (Å²) in [6.45, 7) is 4.55. The minimum Gasteiger partial charge on any atom is -0.462 e. The number of fused-ring (bicyclic) bond motifs is 5. The molecular weight excluding hydrogens is 510 g/mol. The summed E-state index contributed by atoms with van der Waals surface area (Å²) in [5.74, 6) is -0.986. The molecule has 0 saturated carbocycles. The van der Waals surface area contributed by atoms with Gasteiger partial charge in [-0.1, -0.05) is 38.5 Å². The number of cyclic esters (lactones) is 1. The molecule has 1 unspecified atom stereocenters. The molecule has 1 atom stereocenters. The maximum Gasteiger partial charge on any atom is 0.343 e. The Morgan fingerprint density at radius 1 is 1.12 bits per heavy atom. The van der Waals surface area contributed by atoms with Gasteiger partial charge in [-0.3, -0.25) is 4.79 Å². The molecule has 0 amide bonds. The topological polar surface area (TPSA) is 134 Å². The van der Waals surface area contributed by atoms with Crippen molar-refractivity contribution in [1.82, 2.24) is 9.55 Å². The summed E-state index contributed by atoms with van der Waals surface area (Å²) in [5, 5.41) is 11.8. The van der Waals surface area contributed by atoms with Crippen molar-refractivity contribution in [3.63, 3.8) is 0 Å². The number of rotatable bonds is 5. The lowest BCUT2D eigenvalue weighted by molar-refractivity contribution is -0.172. The molecule has 2 aliphatic heterocycles. The number of nitrogen functional groups attached to an aromatic ring is 1. The van der Waals surface area contributed by atoms with Gasteiger partial charge in [0.1, 0.15) is 6.61 Å². The Morgan fingerprint density at radius 3 is 2.60 bits per heavy atom. The summed E-state index contributed by atoms with van der Waals surface area (Å²) in [4.78, 5) is 41.2. The summed E-state index contributed by atoms with van der Waals surface area (Å²) < 4.78 is 11.7. The van der Waals surface area contributed by atoms with E-state index in [1.807, 2.05) is 30.3 Å². The van der Waals surface area contributed by atoms with E-state index in [4.69, 9.17) is 20.2 Å². The number of hydrogen-bond donors (Lipinski definition) is 2. The quantitative estimate of drug-likeness (QED) is 0.191. The summed E-state index contributed by atoms with van der Waals surface area (Å²) in [7, 11) is 0. The van der Waals surface area contributed by atoms with Gasteiger partial charge in [-0.25, -0.2) is 14.6 Å². The fourth-order valence-corrected chi connectivity index (χ4v) is 4.94. The van der Waals surface area contributed by atoms with E-state index in [9.17, 15) is 19.5 Å². The molecule has 0 radical (unpaired) electrons. The van der Waals surface area contributed by atoms with Gasteiger partial charge in [0, 0.05) is 22.2 Å².